The van der Waals surface area contributed by atoms with Crippen molar-refractivity contribution in [2.45, 2.75) is 11.8 Å². The van der Waals surface area contributed by atoms with Gasteiger partial charge in [-0.2, -0.15) is 0 Å². The molecular formula is C15H14ClNO3S. The first kappa shape index (κ1) is 15.5. The molecule has 110 valence electrons. The van der Waals surface area contributed by atoms with E-state index in [0.717, 1.165) is 5.56 Å². The molecule has 0 aromatic heterocycles. The van der Waals surface area contributed by atoms with Crippen LogP contribution in [0.2, 0.25) is 5.02 Å². The summed E-state index contributed by atoms with van der Waals surface area (Å²) in [5.74, 6) is -1.18. The number of benzene rings is 2. The summed E-state index contributed by atoms with van der Waals surface area (Å²) >= 11 is 5.72. The Balaban J connectivity index is 2.09. The van der Waals surface area contributed by atoms with Crippen molar-refractivity contribution in [2.75, 3.05) is 11.1 Å². The number of anilines is 1. The Morgan fingerprint density at radius 2 is 1.81 bits per heavy atom. The summed E-state index contributed by atoms with van der Waals surface area (Å²) < 4.78 is 24.2. The standard InChI is InChI=1S/C15H14ClNO3S/c1-11-3-2-4-13(9-11)17-15(18)10-21(19,20)14-7-5-12(16)6-8-14/h2-9H,10H2,1H3,(H,17,18). The molecule has 0 aliphatic heterocycles. The van der Waals surface area contributed by atoms with Gasteiger partial charge < -0.3 is 5.32 Å². The molecule has 6 heteroatoms. The van der Waals surface area contributed by atoms with Gasteiger partial charge in [0.15, 0.2) is 9.84 Å². The average molecular weight is 324 g/mol. The third-order valence-electron chi connectivity index (χ3n) is 2.80. The van der Waals surface area contributed by atoms with E-state index in [9.17, 15) is 13.2 Å². The van der Waals surface area contributed by atoms with Crippen LogP contribution in [0.25, 0.3) is 0 Å². The first-order valence-corrected chi connectivity index (χ1v) is 8.25. The molecule has 0 unspecified atom stereocenters. The second-order valence-corrected chi connectivity index (χ2v) is 7.06. The van der Waals surface area contributed by atoms with E-state index in [1.165, 1.54) is 24.3 Å². The number of halogens is 1. The molecule has 2 rings (SSSR count). The van der Waals surface area contributed by atoms with E-state index in [-0.39, 0.29) is 4.90 Å². The quantitative estimate of drug-likeness (QED) is 0.940. The minimum atomic E-state index is -3.68. The van der Waals surface area contributed by atoms with Gasteiger partial charge in [-0.05, 0) is 48.9 Å². The smallest absolute Gasteiger partial charge is 0.239 e. The van der Waals surface area contributed by atoms with Gasteiger partial charge in [0.1, 0.15) is 5.75 Å². The number of hydrogen-bond donors (Lipinski definition) is 1. The second kappa shape index (κ2) is 6.28. The van der Waals surface area contributed by atoms with Crippen LogP contribution in [0.3, 0.4) is 0 Å². The minimum absolute atomic E-state index is 0.0753. The van der Waals surface area contributed by atoms with Crippen molar-refractivity contribution in [3.8, 4) is 0 Å². The number of sulfone groups is 1. The van der Waals surface area contributed by atoms with Crippen molar-refractivity contribution < 1.29 is 13.2 Å². The Morgan fingerprint density at radius 1 is 1.14 bits per heavy atom. The molecule has 0 saturated carbocycles. The van der Waals surface area contributed by atoms with E-state index >= 15 is 0 Å². The van der Waals surface area contributed by atoms with Gasteiger partial charge in [0.25, 0.3) is 0 Å². The van der Waals surface area contributed by atoms with Crippen LogP contribution in [-0.2, 0) is 14.6 Å². The summed E-state index contributed by atoms with van der Waals surface area (Å²) in [6.45, 7) is 1.89. The maximum absolute atomic E-state index is 12.1. The predicted octanol–water partition coefficient (Wildman–Crippen LogP) is 3.06. The van der Waals surface area contributed by atoms with Gasteiger partial charge in [-0.3, -0.25) is 4.79 Å². The first-order valence-electron chi connectivity index (χ1n) is 6.22. The lowest BCUT2D eigenvalue weighted by molar-refractivity contribution is -0.113. The number of rotatable bonds is 4. The van der Waals surface area contributed by atoms with E-state index in [0.29, 0.717) is 10.7 Å². The molecule has 1 N–H and O–H groups in total. The highest BCUT2D eigenvalue weighted by molar-refractivity contribution is 7.92. The van der Waals surface area contributed by atoms with E-state index in [1.54, 1.807) is 18.2 Å². The molecule has 0 atom stereocenters. The molecule has 0 bridgehead atoms. The van der Waals surface area contributed by atoms with E-state index in [4.69, 9.17) is 11.6 Å². The molecule has 0 heterocycles. The fraction of sp³-hybridized carbons (Fsp3) is 0.133. The zero-order valence-corrected chi connectivity index (χ0v) is 12.9. The van der Waals surface area contributed by atoms with Crippen LogP contribution >= 0.6 is 11.6 Å². The third-order valence-corrected chi connectivity index (χ3v) is 4.68. The Kier molecular flexibility index (Phi) is 4.65. The summed E-state index contributed by atoms with van der Waals surface area (Å²) in [5, 5.41) is 3.02. The number of hydrogen-bond acceptors (Lipinski definition) is 3. The molecule has 0 fully saturated rings. The fourth-order valence-electron chi connectivity index (χ4n) is 1.82. The molecule has 2 aromatic carbocycles. The first-order chi connectivity index (χ1) is 9.87. The predicted molar refractivity (Wildman–Crippen MR) is 83.3 cm³/mol. The fourth-order valence-corrected chi connectivity index (χ4v) is 3.08. The minimum Gasteiger partial charge on any atom is -0.325 e. The van der Waals surface area contributed by atoms with Gasteiger partial charge in [-0.15, -0.1) is 0 Å². The molecule has 1 amide bonds. The Labute approximate surface area is 128 Å². The summed E-state index contributed by atoms with van der Waals surface area (Å²) in [6, 6.07) is 12.9. The summed E-state index contributed by atoms with van der Waals surface area (Å²) in [4.78, 5) is 11.9. The maximum atomic E-state index is 12.1. The molecule has 21 heavy (non-hydrogen) atoms. The SMILES string of the molecule is Cc1cccc(NC(=O)CS(=O)(=O)c2ccc(Cl)cc2)c1. The lowest BCUT2D eigenvalue weighted by Crippen LogP contribution is -2.23. The monoisotopic (exact) mass is 323 g/mol. The molecular weight excluding hydrogens is 310 g/mol. The van der Waals surface area contributed by atoms with Crippen molar-refractivity contribution in [2.24, 2.45) is 0 Å². The summed E-state index contributed by atoms with van der Waals surface area (Å²) in [7, 11) is -3.68. The van der Waals surface area contributed by atoms with Crippen LogP contribution in [0, 0.1) is 6.92 Å². The van der Waals surface area contributed by atoms with Gasteiger partial charge in [0.2, 0.25) is 5.91 Å². The van der Waals surface area contributed by atoms with Crippen LogP contribution in [0.1, 0.15) is 5.56 Å². The summed E-state index contributed by atoms with van der Waals surface area (Å²) in [5.41, 5.74) is 1.56. The maximum Gasteiger partial charge on any atom is 0.239 e. The lowest BCUT2D eigenvalue weighted by atomic mass is 10.2. The van der Waals surface area contributed by atoms with Gasteiger partial charge in [-0.25, -0.2) is 8.42 Å². The van der Waals surface area contributed by atoms with Crippen molar-refractivity contribution >= 4 is 33.0 Å². The van der Waals surface area contributed by atoms with E-state index in [1.807, 2.05) is 13.0 Å². The lowest BCUT2D eigenvalue weighted by Gasteiger charge is -2.07. The van der Waals surface area contributed by atoms with Gasteiger partial charge in [0.05, 0.1) is 4.90 Å². The number of carbonyl (C=O) groups is 1. The molecule has 4 nitrogen and oxygen atoms in total. The Bertz CT molecular complexity index is 755. The van der Waals surface area contributed by atoms with Crippen LogP contribution in [0.4, 0.5) is 5.69 Å². The van der Waals surface area contributed by atoms with Crippen LogP contribution in [0.5, 0.6) is 0 Å². The van der Waals surface area contributed by atoms with Crippen molar-refractivity contribution in [3.63, 3.8) is 0 Å². The highest BCUT2D eigenvalue weighted by Gasteiger charge is 2.19. The zero-order valence-electron chi connectivity index (χ0n) is 11.3. The van der Waals surface area contributed by atoms with Gasteiger partial charge in [0, 0.05) is 10.7 Å². The summed E-state index contributed by atoms with van der Waals surface area (Å²) in [6.07, 6.45) is 0. The molecule has 0 radical (unpaired) electrons. The normalized spacial score (nSPS) is 11.1. The van der Waals surface area contributed by atoms with Crippen molar-refractivity contribution in [1.29, 1.82) is 0 Å². The second-order valence-electron chi connectivity index (χ2n) is 4.63. The third kappa shape index (κ3) is 4.31. The number of nitrogens with one attached hydrogen (secondary N) is 1. The molecule has 2 aromatic rings. The molecule has 0 saturated heterocycles. The molecule has 0 aliphatic rings. The highest BCUT2D eigenvalue weighted by atomic mass is 35.5. The van der Waals surface area contributed by atoms with E-state index < -0.39 is 21.5 Å². The highest BCUT2D eigenvalue weighted by Crippen LogP contribution is 2.16. The number of aryl methyl sites for hydroxylation is 1. The van der Waals surface area contributed by atoms with Crippen molar-refractivity contribution in [1.82, 2.24) is 0 Å². The molecule has 0 aliphatic carbocycles. The van der Waals surface area contributed by atoms with Gasteiger partial charge >= 0.3 is 0 Å². The van der Waals surface area contributed by atoms with Crippen LogP contribution < -0.4 is 5.32 Å². The van der Waals surface area contributed by atoms with Crippen LogP contribution in [0.15, 0.2) is 53.4 Å². The topological polar surface area (TPSA) is 63.2 Å². The van der Waals surface area contributed by atoms with Crippen LogP contribution in [-0.4, -0.2) is 20.1 Å². The largest absolute Gasteiger partial charge is 0.325 e. The Morgan fingerprint density at radius 3 is 2.43 bits per heavy atom. The number of carbonyl (C=O) groups excluding carboxylic acids is 1. The average Bonchev–Trinajstić information content (AvgIpc) is 2.38. The van der Waals surface area contributed by atoms with Crippen molar-refractivity contribution in [3.05, 3.63) is 59.1 Å². The Hall–Kier alpha value is -1.85. The zero-order chi connectivity index (χ0) is 15.5. The molecule has 0 spiro atoms. The van der Waals surface area contributed by atoms with Gasteiger partial charge in [-0.1, -0.05) is 23.7 Å². The number of amides is 1. The van der Waals surface area contributed by atoms with E-state index in [2.05, 4.69) is 5.32 Å².